The molecule has 160 valence electrons. The third-order valence-electron chi connectivity index (χ3n) is 7.59. The van der Waals surface area contributed by atoms with E-state index in [2.05, 4.69) is 115 Å². The van der Waals surface area contributed by atoms with Gasteiger partial charge in [0.05, 0.1) is 32.9 Å². The third-order valence-corrected chi connectivity index (χ3v) is 7.59. The Hall–Kier alpha value is -4.42. The molecule has 34 heavy (non-hydrogen) atoms. The number of aryl methyl sites for hydroxylation is 2. The highest BCUT2D eigenvalue weighted by molar-refractivity contribution is 6.27. The molecule has 0 N–H and O–H groups in total. The second-order valence-electron chi connectivity index (χ2n) is 9.29. The number of fused-ring (bicyclic) bond motifs is 5. The van der Waals surface area contributed by atoms with Gasteiger partial charge < -0.3 is 4.40 Å². The maximum Gasteiger partial charge on any atom is 0.224 e. The summed E-state index contributed by atoms with van der Waals surface area (Å²) in [7, 11) is 2.13. The first-order valence-electron chi connectivity index (χ1n) is 11.6. The molecule has 7 aromatic rings. The summed E-state index contributed by atoms with van der Waals surface area (Å²) in [6.07, 6.45) is 2.16. The molecular formula is C31H22N3+. The number of rotatable bonds is 1. The van der Waals surface area contributed by atoms with Crippen LogP contribution in [0.2, 0.25) is 0 Å². The number of aromatic nitrogens is 2. The SMILES string of the molecule is Cc1c(C#N)c2c3ccccc3n3c4cc(-c5ccccc5)cc5cc[n+](C)c(c(c1C)c23)c54. The topological polar surface area (TPSA) is 32.1 Å². The smallest absolute Gasteiger partial charge is 0.224 e. The van der Waals surface area contributed by atoms with Gasteiger partial charge in [0, 0.05) is 16.8 Å². The number of hydrogen-bond donors (Lipinski definition) is 0. The molecule has 0 amide bonds. The molecule has 0 spiro atoms. The summed E-state index contributed by atoms with van der Waals surface area (Å²) in [5, 5.41) is 16.1. The van der Waals surface area contributed by atoms with Gasteiger partial charge in [-0.05, 0) is 59.7 Å². The Balaban J connectivity index is 1.89. The minimum absolute atomic E-state index is 0.781. The fourth-order valence-corrected chi connectivity index (χ4v) is 5.91. The Kier molecular flexibility index (Phi) is 3.68. The summed E-state index contributed by atoms with van der Waals surface area (Å²) in [4.78, 5) is 0. The molecule has 7 rings (SSSR count). The number of benzene rings is 4. The first kappa shape index (κ1) is 19.1. The fourth-order valence-electron chi connectivity index (χ4n) is 5.91. The first-order valence-corrected chi connectivity index (χ1v) is 11.6. The zero-order chi connectivity index (χ0) is 23.1. The maximum atomic E-state index is 10.2. The number of nitriles is 1. The lowest BCUT2D eigenvalue weighted by atomic mass is 9.91. The highest BCUT2D eigenvalue weighted by atomic mass is 15.0. The third kappa shape index (κ3) is 2.23. The van der Waals surface area contributed by atoms with Gasteiger partial charge in [-0.25, -0.2) is 4.57 Å². The lowest BCUT2D eigenvalue weighted by molar-refractivity contribution is -0.643. The molecule has 3 nitrogen and oxygen atoms in total. The van der Waals surface area contributed by atoms with Gasteiger partial charge in [0.2, 0.25) is 5.52 Å². The second-order valence-corrected chi connectivity index (χ2v) is 9.29. The van der Waals surface area contributed by atoms with Crippen LogP contribution in [0.4, 0.5) is 0 Å². The predicted molar refractivity (Wildman–Crippen MR) is 139 cm³/mol. The second kappa shape index (κ2) is 6.56. The van der Waals surface area contributed by atoms with E-state index in [1.165, 1.54) is 43.9 Å². The summed E-state index contributed by atoms with van der Waals surface area (Å²) in [6, 6.07) is 28.4. The van der Waals surface area contributed by atoms with Gasteiger partial charge in [-0.15, -0.1) is 0 Å². The Morgan fingerprint density at radius 1 is 0.765 bits per heavy atom. The molecular weight excluding hydrogens is 414 g/mol. The molecule has 0 aliphatic carbocycles. The quantitative estimate of drug-likeness (QED) is 0.155. The van der Waals surface area contributed by atoms with Crippen molar-refractivity contribution in [3.63, 3.8) is 0 Å². The van der Waals surface area contributed by atoms with Crippen molar-refractivity contribution >= 4 is 49.0 Å². The Morgan fingerprint density at radius 3 is 2.32 bits per heavy atom. The predicted octanol–water partition coefficient (Wildman–Crippen LogP) is 6.97. The van der Waals surface area contributed by atoms with Crippen LogP contribution in [-0.4, -0.2) is 4.40 Å². The summed E-state index contributed by atoms with van der Waals surface area (Å²) in [6.45, 7) is 4.25. The molecule has 0 saturated heterocycles. The molecule has 3 aromatic heterocycles. The van der Waals surface area contributed by atoms with Crippen LogP contribution >= 0.6 is 0 Å². The molecule has 0 radical (unpaired) electrons. The number of hydrogen-bond acceptors (Lipinski definition) is 1. The van der Waals surface area contributed by atoms with Crippen molar-refractivity contribution in [1.82, 2.24) is 4.40 Å². The molecule has 4 aromatic carbocycles. The monoisotopic (exact) mass is 436 g/mol. The molecule has 3 heterocycles. The van der Waals surface area contributed by atoms with Gasteiger partial charge in [-0.1, -0.05) is 48.5 Å². The van der Waals surface area contributed by atoms with E-state index in [0.717, 1.165) is 32.9 Å². The van der Waals surface area contributed by atoms with E-state index < -0.39 is 0 Å². The number of nitrogens with zero attached hydrogens (tertiary/aromatic N) is 3. The summed E-state index contributed by atoms with van der Waals surface area (Å²) < 4.78 is 4.64. The molecule has 0 saturated carbocycles. The van der Waals surface area contributed by atoms with Crippen LogP contribution in [0.25, 0.3) is 60.1 Å². The van der Waals surface area contributed by atoms with Crippen LogP contribution in [0, 0.1) is 25.2 Å². The lowest BCUT2D eigenvalue weighted by Gasteiger charge is -2.16. The Bertz CT molecular complexity index is 1990. The highest BCUT2D eigenvalue weighted by Gasteiger charge is 2.27. The van der Waals surface area contributed by atoms with Gasteiger partial charge in [0.1, 0.15) is 13.1 Å². The van der Waals surface area contributed by atoms with Crippen LogP contribution < -0.4 is 4.57 Å². The maximum absolute atomic E-state index is 10.2. The highest BCUT2D eigenvalue weighted by Crippen LogP contribution is 2.44. The van der Waals surface area contributed by atoms with Crippen LogP contribution in [0.5, 0.6) is 0 Å². The Labute approximate surface area is 197 Å². The summed E-state index contributed by atoms with van der Waals surface area (Å²) in [5.74, 6) is 0. The molecule has 0 aliphatic rings. The van der Waals surface area contributed by atoms with E-state index in [-0.39, 0.29) is 0 Å². The van der Waals surface area contributed by atoms with Crippen LogP contribution in [0.15, 0.2) is 79.0 Å². The van der Waals surface area contributed by atoms with Crippen molar-refractivity contribution in [1.29, 1.82) is 5.26 Å². The lowest BCUT2D eigenvalue weighted by Crippen LogP contribution is -2.29. The van der Waals surface area contributed by atoms with Crippen molar-refractivity contribution in [3.05, 3.63) is 95.7 Å². The van der Waals surface area contributed by atoms with Gasteiger partial charge in [-0.2, -0.15) is 5.26 Å². The number of para-hydroxylation sites is 1. The zero-order valence-electron chi connectivity index (χ0n) is 19.3. The minimum atomic E-state index is 0.781. The average Bonchev–Trinajstić information content (AvgIpc) is 3.21. The normalized spacial score (nSPS) is 11.9. The molecule has 0 bridgehead atoms. The molecule has 0 unspecified atom stereocenters. The van der Waals surface area contributed by atoms with Crippen molar-refractivity contribution < 1.29 is 4.57 Å². The van der Waals surface area contributed by atoms with E-state index in [9.17, 15) is 5.26 Å². The van der Waals surface area contributed by atoms with Crippen LogP contribution in [-0.2, 0) is 7.05 Å². The van der Waals surface area contributed by atoms with E-state index in [1.54, 1.807) is 0 Å². The standard InChI is InChI=1S/C31H22N3/c1-18-19(2)27-30-28-21(13-14-33(30)3)15-22(20-9-5-4-6-10-20)16-26(28)34-25-12-8-7-11-23(25)29(31(27)34)24(18)17-32/h4-16H,1-3H3/q+1. The minimum Gasteiger partial charge on any atom is -0.307 e. The van der Waals surface area contributed by atoms with Crippen LogP contribution in [0.1, 0.15) is 16.7 Å². The van der Waals surface area contributed by atoms with Gasteiger partial charge >= 0.3 is 0 Å². The summed E-state index contributed by atoms with van der Waals surface area (Å²) >= 11 is 0. The van der Waals surface area contributed by atoms with Crippen molar-refractivity contribution in [3.8, 4) is 17.2 Å². The molecule has 3 heteroatoms. The van der Waals surface area contributed by atoms with Gasteiger partial charge in [0.15, 0.2) is 6.20 Å². The first-order chi connectivity index (χ1) is 16.6. The average molecular weight is 437 g/mol. The van der Waals surface area contributed by atoms with Gasteiger partial charge in [-0.3, -0.25) is 0 Å². The summed E-state index contributed by atoms with van der Waals surface area (Å²) in [5.41, 5.74) is 10.1. The molecule has 0 atom stereocenters. The van der Waals surface area contributed by atoms with Crippen LogP contribution in [0.3, 0.4) is 0 Å². The van der Waals surface area contributed by atoms with Crippen molar-refractivity contribution in [2.75, 3.05) is 0 Å². The fraction of sp³-hybridized carbons (Fsp3) is 0.0968. The van der Waals surface area contributed by atoms with E-state index in [4.69, 9.17) is 0 Å². The van der Waals surface area contributed by atoms with E-state index in [0.29, 0.717) is 0 Å². The van der Waals surface area contributed by atoms with E-state index in [1.807, 2.05) is 0 Å². The van der Waals surface area contributed by atoms with Crippen molar-refractivity contribution in [2.45, 2.75) is 13.8 Å². The number of pyridine rings is 2. The molecule has 0 fully saturated rings. The Morgan fingerprint density at radius 2 is 1.53 bits per heavy atom. The van der Waals surface area contributed by atoms with E-state index >= 15 is 0 Å². The largest absolute Gasteiger partial charge is 0.307 e. The van der Waals surface area contributed by atoms with Gasteiger partial charge in [0.25, 0.3) is 0 Å². The zero-order valence-corrected chi connectivity index (χ0v) is 19.3. The van der Waals surface area contributed by atoms with Crippen molar-refractivity contribution in [2.24, 2.45) is 7.05 Å². The molecule has 0 aliphatic heterocycles.